The van der Waals surface area contributed by atoms with E-state index in [1.165, 1.54) is 0 Å². The van der Waals surface area contributed by atoms with Crippen LogP contribution in [0.5, 0.6) is 0 Å². The molecule has 0 fully saturated rings. The molecule has 0 bridgehead atoms. The molecule has 6 heteroatoms. The Bertz CT molecular complexity index is 390. The molecule has 5 nitrogen and oxygen atoms in total. The van der Waals surface area contributed by atoms with Crippen molar-refractivity contribution in [2.24, 2.45) is 0 Å². The molecule has 0 saturated heterocycles. The molecule has 1 aromatic heterocycles. The summed E-state index contributed by atoms with van der Waals surface area (Å²) in [6.45, 7) is 6.51. The molecule has 0 radical (unpaired) electrons. The van der Waals surface area contributed by atoms with Gasteiger partial charge < -0.3 is 5.11 Å². The minimum atomic E-state index is -0.879. The molecule has 0 saturated carbocycles. The number of nitrogens with zero attached hydrogens (tertiary/aromatic N) is 2. The lowest BCUT2D eigenvalue weighted by atomic mass is 10.3. The largest absolute Gasteiger partial charge is 0.480 e. The van der Waals surface area contributed by atoms with E-state index in [0.29, 0.717) is 18.1 Å². The van der Waals surface area contributed by atoms with Gasteiger partial charge in [-0.15, -0.1) is 0 Å². The number of carboxylic acids is 1. The van der Waals surface area contributed by atoms with Crippen LogP contribution in [0.3, 0.4) is 0 Å². The molecule has 0 unspecified atom stereocenters. The fourth-order valence-electron chi connectivity index (χ4n) is 1.37. The van der Waals surface area contributed by atoms with E-state index in [-0.39, 0.29) is 0 Å². The first-order valence-corrected chi connectivity index (χ1v) is 5.53. The first kappa shape index (κ1) is 13.0. The zero-order valence-electron chi connectivity index (χ0n) is 9.62. The van der Waals surface area contributed by atoms with Crippen LogP contribution >= 0.6 is 11.6 Å². The number of rotatable bonds is 5. The lowest BCUT2D eigenvalue weighted by Crippen LogP contribution is -2.33. The molecule has 0 aromatic carbocycles. The van der Waals surface area contributed by atoms with Crippen molar-refractivity contribution in [3.05, 3.63) is 16.4 Å². The molecule has 1 rings (SSSR count). The maximum Gasteiger partial charge on any atom is 0.320 e. The minimum absolute atomic E-state index is 0.404. The Morgan fingerprint density at radius 2 is 2.31 bits per heavy atom. The Labute approximate surface area is 99.4 Å². The molecule has 0 aliphatic rings. The Morgan fingerprint density at radius 3 is 2.81 bits per heavy atom. The number of halogens is 1. The number of carbonyl (C=O) groups is 1. The predicted octanol–water partition coefficient (Wildman–Crippen LogP) is 1.43. The summed E-state index contributed by atoms with van der Waals surface area (Å²) in [4.78, 5) is 10.6. The number of hydrogen-bond acceptors (Lipinski definition) is 3. The van der Waals surface area contributed by atoms with Crippen molar-refractivity contribution < 1.29 is 9.90 Å². The summed E-state index contributed by atoms with van der Waals surface area (Å²) in [5.41, 5.74) is 1.60. The molecular formula is C10H16ClN3O2. The van der Waals surface area contributed by atoms with Crippen molar-refractivity contribution in [1.82, 2.24) is 15.1 Å². The summed E-state index contributed by atoms with van der Waals surface area (Å²) >= 11 is 6.08. The first-order chi connectivity index (χ1) is 7.47. The van der Waals surface area contributed by atoms with Gasteiger partial charge in [0.15, 0.2) is 0 Å². The van der Waals surface area contributed by atoms with Crippen molar-refractivity contribution >= 4 is 17.6 Å². The summed E-state index contributed by atoms with van der Waals surface area (Å²) in [7, 11) is 0. The van der Waals surface area contributed by atoms with Gasteiger partial charge in [-0.2, -0.15) is 5.10 Å². The normalized spacial score (nSPS) is 12.8. The number of hydrogen-bond donors (Lipinski definition) is 2. The van der Waals surface area contributed by atoms with Crippen LogP contribution in [0.25, 0.3) is 0 Å². The quantitative estimate of drug-likeness (QED) is 0.824. The zero-order valence-corrected chi connectivity index (χ0v) is 10.4. The average Bonchev–Trinajstić information content (AvgIpc) is 2.51. The Morgan fingerprint density at radius 1 is 1.69 bits per heavy atom. The summed E-state index contributed by atoms with van der Waals surface area (Å²) < 4.78 is 1.78. The third-order valence-corrected chi connectivity index (χ3v) is 2.89. The highest BCUT2D eigenvalue weighted by Gasteiger charge is 2.15. The van der Waals surface area contributed by atoms with Gasteiger partial charge in [-0.3, -0.25) is 14.8 Å². The summed E-state index contributed by atoms with van der Waals surface area (Å²) in [5.74, 6) is -0.879. The highest BCUT2D eigenvalue weighted by molar-refractivity contribution is 6.31. The van der Waals surface area contributed by atoms with Crippen molar-refractivity contribution in [3.63, 3.8) is 0 Å². The second kappa shape index (κ2) is 5.32. The molecule has 90 valence electrons. The molecule has 16 heavy (non-hydrogen) atoms. The molecule has 1 heterocycles. The van der Waals surface area contributed by atoms with Crippen molar-refractivity contribution in [2.75, 3.05) is 0 Å². The average molecular weight is 246 g/mol. The smallest absolute Gasteiger partial charge is 0.320 e. The van der Waals surface area contributed by atoms with Crippen LogP contribution in [-0.4, -0.2) is 26.9 Å². The van der Waals surface area contributed by atoms with E-state index in [1.54, 1.807) is 11.6 Å². The van der Waals surface area contributed by atoms with E-state index in [9.17, 15) is 4.79 Å². The third kappa shape index (κ3) is 2.74. The van der Waals surface area contributed by atoms with Gasteiger partial charge in [-0.25, -0.2) is 0 Å². The molecular weight excluding hydrogens is 230 g/mol. The maximum absolute atomic E-state index is 10.6. The van der Waals surface area contributed by atoms with Crippen molar-refractivity contribution in [1.29, 1.82) is 0 Å². The Hall–Kier alpha value is -1.07. The highest BCUT2D eigenvalue weighted by atomic mass is 35.5. The van der Waals surface area contributed by atoms with Crippen LogP contribution in [0.2, 0.25) is 5.02 Å². The van der Waals surface area contributed by atoms with Crippen molar-refractivity contribution in [2.45, 2.75) is 39.9 Å². The third-order valence-electron chi connectivity index (χ3n) is 2.40. The van der Waals surface area contributed by atoms with E-state index in [2.05, 4.69) is 10.4 Å². The fraction of sp³-hybridized carbons (Fsp3) is 0.600. The minimum Gasteiger partial charge on any atom is -0.480 e. The first-order valence-electron chi connectivity index (χ1n) is 5.15. The molecule has 0 spiro atoms. The lowest BCUT2D eigenvalue weighted by Gasteiger charge is -2.10. The lowest BCUT2D eigenvalue weighted by molar-refractivity contribution is -0.139. The maximum atomic E-state index is 10.6. The number of carboxylic acid groups (broad SMARTS) is 1. The van der Waals surface area contributed by atoms with E-state index in [0.717, 1.165) is 11.4 Å². The standard InChI is InChI=1S/C10H16ClN3O2/c1-4-14-8(9(11)6(2)13-14)5-12-7(3)10(15)16/h7,12H,4-5H2,1-3H3,(H,15,16)/t7-/m0/s1. The van der Waals surface area contributed by atoms with E-state index >= 15 is 0 Å². The van der Waals surface area contributed by atoms with Crippen molar-refractivity contribution in [3.8, 4) is 0 Å². The van der Waals surface area contributed by atoms with Gasteiger partial charge in [-0.05, 0) is 20.8 Å². The van der Waals surface area contributed by atoms with Crippen LogP contribution in [-0.2, 0) is 17.9 Å². The summed E-state index contributed by atoms with van der Waals surface area (Å²) in [5, 5.41) is 16.5. The van der Waals surface area contributed by atoms with Crippen LogP contribution in [0, 0.1) is 6.92 Å². The predicted molar refractivity (Wildman–Crippen MR) is 61.6 cm³/mol. The van der Waals surface area contributed by atoms with Gasteiger partial charge >= 0.3 is 5.97 Å². The van der Waals surface area contributed by atoms with E-state index in [4.69, 9.17) is 16.7 Å². The molecule has 0 aliphatic heterocycles. The van der Waals surface area contributed by atoms with Crippen LogP contribution in [0.15, 0.2) is 0 Å². The molecule has 2 N–H and O–H groups in total. The number of nitrogens with one attached hydrogen (secondary N) is 1. The van der Waals surface area contributed by atoms with E-state index < -0.39 is 12.0 Å². The Kier molecular flexibility index (Phi) is 4.32. The van der Waals surface area contributed by atoms with Crippen LogP contribution in [0.1, 0.15) is 25.2 Å². The number of aromatic nitrogens is 2. The molecule has 1 atom stereocenters. The van der Waals surface area contributed by atoms with Crippen LogP contribution in [0.4, 0.5) is 0 Å². The van der Waals surface area contributed by atoms with Gasteiger partial charge in [0.1, 0.15) is 6.04 Å². The zero-order chi connectivity index (χ0) is 12.3. The topological polar surface area (TPSA) is 67.2 Å². The highest BCUT2D eigenvalue weighted by Crippen LogP contribution is 2.19. The van der Waals surface area contributed by atoms with Gasteiger partial charge in [0, 0.05) is 13.1 Å². The molecule has 0 aliphatic carbocycles. The SMILES string of the molecule is CCn1nc(C)c(Cl)c1CN[C@@H](C)C(=O)O. The van der Waals surface area contributed by atoms with Gasteiger partial charge in [-0.1, -0.05) is 11.6 Å². The number of aliphatic carboxylic acids is 1. The van der Waals surface area contributed by atoms with Crippen LogP contribution < -0.4 is 5.32 Å². The van der Waals surface area contributed by atoms with Gasteiger partial charge in [0.25, 0.3) is 0 Å². The number of aryl methyl sites for hydroxylation is 2. The molecule has 1 aromatic rings. The fourth-order valence-corrected chi connectivity index (χ4v) is 1.58. The molecule has 0 amide bonds. The monoisotopic (exact) mass is 245 g/mol. The van der Waals surface area contributed by atoms with E-state index in [1.807, 2.05) is 13.8 Å². The summed E-state index contributed by atoms with van der Waals surface area (Å²) in [6.07, 6.45) is 0. The summed E-state index contributed by atoms with van der Waals surface area (Å²) in [6, 6.07) is -0.600. The second-order valence-electron chi connectivity index (χ2n) is 3.60. The Balaban J connectivity index is 2.76. The van der Waals surface area contributed by atoms with Gasteiger partial charge in [0.2, 0.25) is 0 Å². The van der Waals surface area contributed by atoms with Gasteiger partial charge in [0.05, 0.1) is 16.4 Å². The second-order valence-corrected chi connectivity index (χ2v) is 3.98.